The quantitative estimate of drug-likeness (QED) is 0.857. The van der Waals surface area contributed by atoms with Crippen molar-refractivity contribution in [2.24, 2.45) is 0 Å². The van der Waals surface area contributed by atoms with Crippen molar-refractivity contribution in [3.63, 3.8) is 0 Å². The molecule has 1 N–H and O–H groups in total. The molecule has 2 nitrogen and oxygen atoms in total. The van der Waals surface area contributed by atoms with E-state index in [2.05, 4.69) is 18.3 Å². The van der Waals surface area contributed by atoms with Crippen molar-refractivity contribution in [1.29, 1.82) is 0 Å². The Bertz CT molecular complexity index is 372. The first-order chi connectivity index (χ1) is 7.69. The van der Waals surface area contributed by atoms with Gasteiger partial charge in [0, 0.05) is 18.7 Å². The van der Waals surface area contributed by atoms with Crippen LogP contribution in [0.15, 0.2) is 18.2 Å². The smallest absolute Gasteiger partial charge is 0.105 e. The molecule has 1 saturated heterocycles. The Hall–Kier alpha value is -0.570. The van der Waals surface area contributed by atoms with E-state index >= 15 is 0 Å². The van der Waals surface area contributed by atoms with E-state index in [0.717, 1.165) is 36.5 Å². The van der Waals surface area contributed by atoms with Crippen LogP contribution in [0.1, 0.15) is 24.0 Å². The summed E-state index contributed by atoms with van der Waals surface area (Å²) < 4.78 is 5.78. The number of nitrogens with one attached hydrogen (secondary N) is 1. The summed E-state index contributed by atoms with van der Waals surface area (Å²) in [5.41, 5.74) is 2.15. The zero-order chi connectivity index (χ0) is 11.6. The monoisotopic (exact) mass is 239 g/mol. The van der Waals surface area contributed by atoms with E-state index in [1.165, 1.54) is 5.56 Å². The van der Waals surface area contributed by atoms with E-state index in [4.69, 9.17) is 16.3 Å². The van der Waals surface area contributed by atoms with E-state index in [0.29, 0.717) is 0 Å². The number of ether oxygens (including phenoxy) is 1. The van der Waals surface area contributed by atoms with Crippen molar-refractivity contribution < 1.29 is 4.74 Å². The van der Waals surface area contributed by atoms with E-state index in [9.17, 15) is 0 Å². The summed E-state index contributed by atoms with van der Waals surface area (Å²) in [5, 5.41) is 4.22. The van der Waals surface area contributed by atoms with Crippen LogP contribution in [-0.4, -0.2) is 20.2 Å². The molecule has 0 radical (unpaired) electrons. The molecule has 1 aromatic rings. The number of piperidine rings is 1. The third kappa shape index (κ3) is 1.97. The molecule has 3 heteroatoms. The van der Waals surface area contributed by atoms with Crippen molar-refractivity contribution in [3.05, 3.63) is 34.3 Å². The van der Waals surface area contributed by atoms with Gasteiger partial charge in [0.2, 0.25) is 0 Å². The molecule has 0 bridgehead atoms. The summed E-state index contributed by atoms with van der Waals surface area (Å²) in [7, 11) is 1.79. The van der Waals surface area contributed by atoms with Crippen LogP contribution >= 0.6 is 11.6 Å². The van der Waals surface area contributed by atoms with Crippen LogP contribution < -0.4 is 5.32 Å². The second-order valence-electron chi connectivity index (χ2n) is 4.39. The molecule has 1 aromatic carbocycles. The number of hydrogen-bond acceptors (Lipinski definition) is 2. The van der Waals surface area contributed by atoms with Crippen LogP contribution in [0.5, 0.6) is 0 Å². The minimum absolute atomic E-state index is 0.201. The third-order valence-electron chi connectivity index (χ3n) is 3.49. The molecule has 0 amide bonds. The average molecular weight is 240 g/mol. The van der Waals surface area contributed by atoms with Gasteiger partial charge in [-0.1, -0.05) is 23.7 Å². The summed E-state index contributed by atoms with van der Waals surface area (Å²) in [6.45, 7) is 4.00. The Balaban J connectivity index is 2.43. The predicted molar refractivity (Wildman–Crippen MR) is 67.0 cm³/mol. The van der Waals surface area contributed by atoms with Crippen LogP contribution in [0.3, 0.4) is 0 Å². The van der Waals surface area contributed by atoms with Gasteiger partial charge in [0.1, 0.15) is 5.60 Å². The van der Waals surface area contributed by atoms with Gasteiger partial charge in [0.15, 0.2) is 0 Å². The minimum atomic E-state index is -0.201. The van der Waals surface area contributed by atoms with Crippen LogP contribution in [0.2, 0.25) is 5.02 Å². The zero-order valence-electron chi connectivity index (χ0n) is 9.85. The summed E-state index contributed by atoms with van der Waals surface area (Å²) in [4.78, 5) is 0. The molecule has 1 heterocycles. The zero-order valence-corrected chi connectivity index (χ0v) is 10.6. The van der Waals surface area contributed by atoms with Gasteiger partial charge in [0.05, 0.1) is 0 Å². The second kappa shape index (κ2) is 4.74. The number of hydrogen-bond donors (Lipinski definition) is 1. The van der Waals surface area contributed by atoms with Gasteiger partial charge in [-0.3, -0.25) is 0 Å². The second-order valence-corrected chi connectivity index (χ2v) is 4.80. The normalized spacial score (nSPS) is 25.7. The Morgan fingerprint density at radius 3 is 2.88 bits per heavy atom. The highest BCUT2D eigenvalue weighted by molar-refractivity contribution is 6.31. The lowest BCUT2D eigenvalue weighted by atomic mass is 9.84. The molecule has 1 aliphatic rings. The molecule has 2 rings (SSSR count). The molecular weight excluding hydrogens is 222 g/mol. The van der Waals surface area contributed by atoms with E-state index in [-0.39, 0.29) is 5.60 Å². The molecule has 0 saturated carbocycles. The Morgan fingerprint density at radius 1 is 1.44 bits per heavy atom. The molecule has 1 unspecified atom stereocenters. The van der Waals surface area contributed by atoms with E-state index in [1.807, 2.05) is 12.1 Å². The highest BCUT2D eigenvalue weighted by Crippen LogP contribution is 2.35. The molecule has 0 spiro atoms. The van der Waals surface area contributed by atoms with Gasteiger partial charge in [0.25, 0.3) is 0 Å². The standard InChI is InChI=1S/C13H18ClNO/c1-10-11(5-3-6-12(10)14)13(16-2)7-4-8-15-9-13/h3,5-6,15H,4,7-9H2,1-2H3. The van der Waals surface area contributed by atoms with Crippen LogP contribution in [-0.2, 0) is 10.3 Å². The largest absolute Gasteiger partial charge is 0.372 e. The summed E-state index contributed by atoms with van der Waals surface area (Å²) >= 11 is 6.18. The van der Waals surface area contributed by atoms with Crippen LogP contribution in [0, 0.1) is 6.92 Å². The van der Waals surface area contributed by atoms with Crippen molar-refractivity contribution in [2.45, 2.75) is 25.4 Å². The lowest BCUT2D eigenvalue weighted by Gasteiger charge is -2.38. The lowest BCUT2D eigenvalue weighted by Crippen LogP contribution is -2.45. The van der Waals surface area contributed by atoms with Gasteiger partial charge in [-0.05, 0) is 43.5 Å². The van der Waals surface area contributed by atoms with E-state index < -0.39 is 0 Å². The van der Waals surface area contributed by atoms with Crippen LogP contribution in [0.4, 0.5) is 0 Å². The maximum atomic E-state index is 6.18. The van der Waals surface area contributed by atoms with Crippen LogP contribution in [0.25, 0.3) is 0 Å². The summed E-state index contributed by atoms with van der Waals surface area (Å²) in [5.74, 6) is 0. The summed E-state index contributed by atoms with van der Waals surface area (Å²) in [6, 6.07) is 6.05. The minimum Gasteiger partial charge on any atom is -0.372 e. The highest BCUT2D eigenvalue weighted by Gasteiger charge is 2.35. The Morgan fingerprint density at radius 2 is 2.25 bits per heavy atom. The average Bonchev–Trinajstić information content (AvgIpc) is 2.33. The predicted octanol–water partition coefficient (Wildman–Crippen LogP) is 2.87. The van der Waals surface area contributed by atoms with Gasteiger partial charge < -0.3 is 10.1 Å². The Kier molecular flexibility index (Phi) is 3.53. The third-order valence-corrected chi connectivity index (χ3v) is 3.90. The molecule has 0 aromatic heterocycles. The van der Waals surface area contributed by atoms with Crippen molar-refractivity contribution in [2.75, 3.05) is 20.2 Å². The van der Waals surface area contributed by atoms with Crippen molar-refractivity contribution in [3.8, 4) is 0 Å². The topological polar surface area (TPSA) is 21.3 Å². The molecule has 1 atom stereocenters. The first-order valence-electron chi connectivity index (χ1n) is 5.71. The van der Waals surface area contributed by atoms with Gasteiger partial charge in [-0.15, -0.1) is 0 Å². The molecule has 1 aliphatic heterocycles. The number of halogens is 1. The number of benzene rings is 1. The Labute approximate surface area is 102 Å². The van der Waals surface area contributed by atoms with E-state index in [1.54, 1.807) is 7.11 Å². The molecule has 88 valence electrons. The highest BCUT2D eigenvalue weighted by atomic mass is 35.5. The van der Waals surface area contributed by atoms with Crippen molar-refractivity contribution in [1.82, 2.24) is 5.32 Å². The van der Waals surface area contributed by atoms with Gasteiger partial charge >= 0.3 is 0 Å². The SMILES string of the molecule is COC1(c2cccc(Cl)c2C)CCCNC1. The van der Waals surface area contributed by atoms with Gasteiger partial charge in [-0.2, -0.15) is 0 Å². The van der Waals surface area contributed by atoms with Crippen molar-refractivity contribution >= 4 is 11.6 Å². The summed E-state index contributed by atoms with van der Waals surface area (Å²) in [6.07, 6.45) is 2.19. The fourth-order valence-corrected chi connectivity index (χ4v) is 2.67. The molecular formula is C13H18ClNO. The van der Waals surface area contributed by atoms with Gasteiger partial charge in [-0.25, -0.2) is 0 Å². The maximum absolute atomic E-state index is 6.18. The fraction of sp³-hybridized carbons (Fsp3) is 0.538. The molecule has 1 fully saturated rings. The maximum Gasteiger partial charge on any atom is 0.105 e. The number of rotatable bonds is 2. The lowest BCUT2D eigenvalue weighted by molar-refractivity contribution is -0.0337. The number of methoxy groups -OCH3 is 1. The first-order valence-corrected chi connectivity index (χ1v) is 6.09. The fourth-order valence-electron chi connectivity index (χ4n) is 2.49. The molecule has 0 aliphatic carbocycles. The molecule has 16 heavy (non-hydrogen) atoms. The first kappa shape index (κ1) is 11.9.